The van der Waals surface area contributed by atoms with Crippen LogP contribution in [0.1, 0.15) is 67.1 Å². The number of aliphatic hydroxyl groups excluding tert-OH is 1. The Hall–Kier alpha value is -3.67. The molecule has 0 unspecified atom stereocenters. The number of ether oxygens (including phenoxy) is 1. The number of aromatic amines is 1. The summed E-state index contributed by atoms with van der Waals surface area (Å²) in [5, 5.41) is 14.8. The number of carbonyl (C=O) groups is 2. The second-order valence-corrected chi connectivity index (χ2v) is 10.7. The molecule has 2 aliphatic rings. The summed E-state index contributed by atoms with van der Waals surface area (Å²) in [5.74, 6) is -0.238. The van der Waals surface area contributed by atoms with Gasteiger partial charge in [0.15, 0.2) is 0 Å². The minimum absolute atomic E-state index is 0.00665. The van der Waals surface area contributed by atoms with Gasteiger partial charge >= 0.3 is 0 Å². The van der Waals surface area contributed by atoms with Gasteiger partial charge in [-0.05, 0) is 63.6 Å². The number of aliphatic hydroxyl groups is 1. The van der Waals surface area contributed by atoms with E-state index >= 15 is 0 Å². The van der Waals surface area contributed by atoms with Crippen molar-refractivity contribution in [2.75, 3.05) is 6.61 Å². The molecule has 5 rings (SSSR count). The predicted molar refractivity (Wildman–Crippen MR) is 141 cm³/mol. The summed E-state index contributed by atoms with van der Waals surface area (Å²) in [6.07, 6.45) is -1.16. The largest absolute Gasteiger partial charge is 0.493 e. The number of H-pyrrole nitrogens is 1. The molecule has 0 bridgehead atoms. The van der Waals surface area contributed by atoms with Crippen molar-refractivity contribution in [2.24, 2.45) is 5.92 Å². The van der Waals surface area contributed by atoms with Crippen molar-refractivity contribution in [3.8, 4) is 17.0 Å². The Morgan fingerprint density at radius 2 is 1.95 bits per heavy atom. The van der Waals surface area contributed by atoms with Crippen molar-refractivity contribution >= 4 is 22.8 Å². The van der Waals surface area contributed by atoms with E-state index in [1.54, 1.807) is 6.92 Å². The van der Waals surface area contributed by atoms with Crippen molar-refractivity contribution in [1.82, 2.24) is 25.6 Å². The molecule has 40 heavy (non-hydrogen) atoms. The minimum atomic E-state index is -2.69. The molecular weight excluding hydrogens is 527 g/mol. The van der Waals surface area contributed by atoms with Gasteiger partial charge in [0.1, 0.15) is 35.6 Å². The lowest BCUT2D eigenvalue weighted by Gasteiger charge is -2.32. The fraction of sp³-hybridized carbons (Fsp3) is 0.500. The summed E-state index contributed by atoms with van der Waals surface area (Å²) in [5.41, 5.74) is 1.83. The molecule has 2 amide bonds. The summed E-state index contributed by atoms with van der Waals surface area (Å²) in [6, 6.07) is 2.97. The minimum Gasteiger partial charge on any atom is -0.493 e. The lowest BCUT2D eigenvalue weighted by atomic mass is 9.89. The second-order valence-electron chi connectivity index (χ2n) is 10.7. The predicted octanol–water partition coefficient (Wildman–Crippen LogP) is 4.15. The first-order valence-corrected chi connectivity index (χ1v) is 13.4. The Morgan fingerprint density at radius 3 is 2.62 bits per heavy atom. The van der Waals surface area contributed by atoms with Gasteiger partial charge in [0.25, 0.3) is 12.3 Å². The Bertz CT molecular complexity index is 1410. The topological polar surface area (TPSA) is 129 Å². The second kappa shape index (κ2) is 11.4. The molecule has 2 fully saturated rings. The van der Waals surface area contributed by atoms with Crippen LogP contribution in [0.4, 0.5) is 13.2 Å². The zero-order chi connectivity index (χ0) is 28.6. The third-order valence-electron chi connectivity index (χ3n) is 7.50. The molecule has 2 heterocycles. The standard InChI is InChI=1S/C28H32F3N5O4/c1-13-22(28(39)36-20-7-6-17(10-19(20)29)35-27(38)14(2)37)24-25(34-13)23(32-12-33-24)18-9-16(26(30)31)5-8-21(18)40-11-15-3-4-15/h5,8-9,12,14-15,17,19-20,26,34,37H,3-4,6-7,10-11H2,1-2H3,(H,35,38)(H,36,39)/t14-,17-,19+,20+/m0/s1. The van der Waals surface area contributed by atoms with Gasteiger partial charge in [-0.2, -0.15) is 0 Å². The van der Waals surface area contributed by atoms with Gasteiger partial charge < -0.3 is 25.5 Å². The highest BCUT2D eigenvalue weighted by Crippen LogP contribution is 2.38. The SMILES string of the molecule is Cc1[nH]c2c(-c3cc(C(F)F)ccc3OCC3CC3)ncnc2c1C(=O)N[C@@H]1CC[C@H](NC(=O)[C@H](C)O)C[C@H]1F. The van der Waals surface area contributed by atoms with Crippen molar-refractivity contribution in [2.45, 2.75) is 76.7 Å². The quantitative estimate of drug-likeness (QED) is 0.312. The summed E-state index contributed by atoms with van der Waals surface area (Å²) in [6.45, 7) is 3.49. The third-order valence-corrected chi connectivity index (χ3v) is 7.50. The molecule has 0 spiro atoms. The lowest BCUT2D eigenvalue weighted by Crippen LogP contribution is -2.51. The number of benzene rings is 1. The number of nitrogens with one attached hydrogen (secondary N) is 3. The van der Waals surface area contributed by atoms with Crippen LogP contribution in [0.2, 0.25) is 0 Å². The monoisotopic (exact) mass is 559 g/mol. The van der Waals surface area contributed by atoms with Crippen LogP contribution >= 0.6 is 0 Å². The van der Waals surface area contributed by atoms with Crippen LogP contribution in [-0.2, 0) is 4.79 Å². The maximum Gasteiger partial charge on any atom is 0.263 e. The smallest absolute Gasteiger partial charge is 0.263 e. The van der Waals surface area contributed by atoms with E-state index in [2.05, 4.69) is 25.6 Å². The summed E-state index contributed by atoms with van der Waals surface area (Å²) in [7, 11) is 0. The number of halogens is 3. The van der Waals surface area contributed by atoms with E-state index in [-0.39, 0.29) is 23.1 Å². The zero-order valence-corrected chi connectivity index (χ0v) is 22.2. The first-order valence-electron chi connectivity index (χ1n) is 13.4. The number of alkyl halides is 3. The lowest BCUT2D eigenvalue weighted by molar-refractivity contribution is -0.129. The van der Waals surface area contributed by atoms with Gasteiger partial charge in [-0.25, -0.2) is 23.1 Å². The highest BCUT2D eigenvalue weighted by Gasteiger charge is 2.34. The van der Waals surface area contributed by atoms with E-state index in [1.165, 1.54) is 31.5 Å². The molecule has 1 aromatic carbocycles. The first kappa shape index (κ1) is 27.9. The number of aryl methyl sites for hydroxylation is 1. The number of aromatic nitrogens is 3. The fourth-order valence-electron chi connectivity index (χ4n) is 5.06. The maximum atomic E-state index is 15.0. The number of hydrogen-bond acceptors (Lipinski definition) is 6. The molecule has 214 valence electrons. The summed E-state index contributed by atoms with van der Waals surface area (Å²) >= 11 is 0. The van der Waals surface area contributed by atoms with E-state index in [0.717, 1.165) is 12.8 Å². The molecule has 0 saturated heterocycles. The van der Waals surface area contributed by atoms with E-state index in [0.29, 0.717) is 53.6 Å². The van der Waals surface area contributed by atoms with E-state index in [1.807, 2.05) is 0 Å². The van der Waals surface area contributed by atoms with Crippen molar-refractivity contribution in [1.29, 1.82) is 0 Å². The molecule has 0 aliphatic heterocycles. The van der Waals surface area contributed by atoms with Gasteiger partial charge in [0.05, 0.1) is 23.7 Å². The van der Waals surface area contributed by atoms with Crippen molar-refractivity contribution in [3.05, 3.63) is 41.3 Å². The van der Waals surface area contributed by atoms with Gasteiger partial charge in [-0.3, -0.25) is 9.59 Å². The highest BCUT2D eigenvalue weighted by molar-refractivity contribution is 6.09. The molecular formula is C28H32F3N5O4. The number of carbonyl (C=O) groups excluding carboxylic acids is 2. The van der Waals surface area contributed by atoms with E-state index < -0.39 is 42.6 Å². The van der Waals surface area contributed by atoms with Gasteiger partial charge in [0.2, 0.25) is 5.91 Å². The molecule has 9 nitrogen and oxygen atoms in total. The van der Waals surface area contributed by atoms with Crippen molar-refractivity contribution < 1.29 is 32.6 Å². The molecule has 2 aliphatic carbocycles. The van der Waals surface area contributed by atoms with Crippen LogP contribution in [0.5, 0.6) is 5.75 Å². The number of fused-ring (bicyclic) bond motifs is 1. The Balaban J connectivity index is 1.40. The zero-order valence-electron chi connectivity index (χ0n) is 22.2. The summed E-state index contributed by atoms with van der Waals surface area (Å²) in [4.78, 5) is 36.9. The molecule has 2 aromatic heterocycles. The molecule has 12 heteroatoms. The van der Waals surface area contributed by atoms with Crippen LogP contribution in [0.15, 0.2) is 24.5 Å². The Kier molecular flexibility index (Phi) is 7.97. The molecule has 2 saturated carbocycles. The van der Waals surface area contributed by atoms with Crippen LogP contribution in [0.25, 0.3) is 22.3 Å². The first-order chi connectivity index (χ1) is 19.1. The van der Waals surface area contributed by atoms with Crippen LogP contribution in [-0.4, -0.2) is 62.8 Å². The number of rotatable bonds is 9. The average Bonchev–Trinajstić information content (AvgIpc) is 3.68. The van der Waals surface area contributed by atoms with Gasteiger partial charge in [0, 0.05) is 29.3 Å². The van der Waals surface area contributed by atoms with E-state index in [4.69, 9.17) is 4.74 Å². The fourth-order valence-corrected chi connectivity index (χ4v) is 5.06. The average molecular weight is 560 g/mol. The summed E-state index contributed by atoms with van der Waals surface area (Å²) < 4.78 is 48.1. The normalized spacial score (nSPS) is 21.8. The van der Waals surface area contributed by atoms with Crippen LogP contribution < -0.4 is 15.4 Å². The Morgan fingerprint density at radius 1 is 1.18 bits per heavy atom. The molecule has 4 N–H and O–H groups in total. The van der Waals surface area contributed by atoms with Crippen LogP contribution in [0.3, 0.4) is 0 Å². The van der Waals surface area contributed by atoms with E-state index in [9.17, 15) is 27.9 Å². The van der Waals surface area contributed by atoms with Gasteiger partial charge in [-0.15, -0.1) is 0 Å². The van der Waals surface area contributed by atoms with Gasteiger partial charge in [-0.1, -0.05) is 0 Å². The van der Waals surface area contributed by atoms with Crippen LogP contribution in [0, 0.1) is 12.8 Å². The Labute approximate surface area is 228 Å². The number of nitrogens with zero attached hydrogens (tertiary/aromatic N) is 2. The number of hydrogen-bond donors (Lipinski definition) is 4. The molecule has 4 atom stereocenters. The third kappa shape index (κ3) is 5.91. The van der Waals surface area contributed by atoms with Crippen molar-refractivity contribution in [3.63, 3.8) is 0 Å². The maximum absolute atomic E-state index is 15.0. The molecule has 3 aromatic rings. The highest BCUT2D eigenvalue weighted by atomic mass is 19.3. The number of amides is 2. The molecule has 0 radical (unpaired) electrons.